The lowest BCUT2D eigenvalue weighted by molar-refractivity contribution is 0.355. The first-order valence-corrected chi connectivity index (χ1v) is 7.03. The number of fused-ring (bicyclic) bond motifs is 1. The molecule has 1 aromatic heterocycles. The van der Waals surface area contributed by atoms with Crippen molar-refractivity contribution >= 4 is 10.8 Å². The van der Waals surface area contributed by atoms with Crippen LogP contribution >= 0.6 is 0 Å². The third-order valence-electron chi connectivity index (χ3n) is 3.68. The molecule has 0 aliphatic rings. The summed E-state index contributed by atoms with van der Waals surface area (Å²) < 4.78 is 15.8. The van der Waals surface area contributed by atoms with Crippen LogP contribution in [-0.2, 0) is 0 Å². The number of rotatable bonds is 3. The molecule has 0 spiro atoms. The topological polar surface area (TPSA) is 68.9 Å². The van der Waals surface area contributed by atoms with Gasteiger partial charge in [0.1, 0.15) is 11.5 Å². The maximum Gasteiger partial charge on any atom is 0.344 e. The molecule has 0 aliphatic heterocycles. The van der Waals surface area contributed by atoms with Gasteiger partial charge in [0, 0.05) is 0 Å². The molecule has 0 fully saturated rings. The Bertz CT molecular complexity index is 940. The molecule has 0 bridgehead atoms. The number of aryl methyl sites for hydroxylation is 1. The minimum Gasteiger partial charge on any atom is -0.507 e. The Morgan fingerprint density at radius 2 is 1.70 bits per heavy atom. The van der Waals surface area contributed by atoms with E-state index < -0.39 is 5.63 Å². The molecule has 5 heteroatoms. The molecule has 0 radical (unpaired) electrons. The number of hydrogen-bond acceptors (Lipinski definition) is 5. The van der Waals surface area contributed by atoms with Crippen LogP contribution in [0.2, 0.25) is 0 Å². The van der Waals surface area contributed by atoms with Crippen LogP contribution in [0, 0.1) is 6.92 Å². The maximum absolute atomic E-state index is 12.3. The predicted molar refractivity (Wildman–Crippen MR) is 87.4 cm³/mol. The Balaban J connectivity index is 2.29. The number of phenolic OH excluding ortho intramolecular Hbond substituents is 1. The Morgan fingerprint density at radius 3 is 2.39 bits per heavy atom. The van der Waals surface area contributed by atoms with Crippen molar-refractivity contribution in [1.82, 2.24) is 0 Å². The van der Waals surface area contributed by atoms with Gasteiger partial charge in [0.15, 0.2) is 11.5 Å². The third-order valence-corrected chi connectivity index (χ3v) is 3.68. The second-order valence-electron chi connectivity index (χ2n) is 5.21. The molecule has 3 aromatic rings. The van der Waals surface area contributed by atoms with Crippen molar-refractivity contribution < 1.29 is 19.0 Å². The van der Waals surface area contributed by atoms with E-state index in [0.717, 1.165) is 5.56 Å². The maximum atomic E-state index is 12.3. The highest BCUT2D eigenvalue weighted by Gasteiger charge is 2.14. The van der Waals surface area contributed by atoms with E-state index in [1.807, 2.05) is 6.92 Å². The molecule has 0 saturated heterocycles. The first-order valence-electron chi connectivity index (χ1n) is 7.03. The zero-order chi connectivity index (χ0) is 16.6. The number of hydrogen-bond donors (Lipinski definition) is 1. The van der Waals surface area contributed by atoms with Gasteiger partial charge in [-0.2, -0.15) is 0 Å². The number of phenols is 1. The van der Waals surface area contributed by atoms with Gasteiger partial charge in [-0.05, 0) is 42.6 Å². The zero-order valence-corrected chi connectivity index (χ0v) is 13.0. The number of benzene rings is 2. The fraction of sp³-hybridized carbons (Fsp3) is 0.167. The van der Waals surface area contributed by atoms with Gasteiger partial charge in [0.25, 0.3) is 0 Å². The molecule has 1 N–H and O–H groups in total. The SMILES string of the molecule is COc1cc2cc(-c3cc(C)ccc3O)oc(=O)c2cc1OC. The normalized spacial score (nSPS) is 10.7. The van der Waals surface area contributed by atoms with E-state index in [2.05, 4.69) is 0 Å². The summed E-state index contributed by atoms with van der Waals surface area (Å²) >= 11 is 0. The highest BCUT2D eigenvalue weighted by Crippen LogP contribution is 2.34. The summed E-state index contributed by atoms with van der Waals surface area (Å²) in [7, 11) is 3.03. The molecule has 0 aliphatic carbocycles. The van der Waals surface area contributed by atoms with Crippen LogP contribution in [0.15, 0.2) is 45.6 Å². The van der Waals surface area contributed by atoms with E-state index in [4.69, 9.17) is 13.9 Å². The monoisotopic (exact) mass is 312 g/mol. The molecule has 23 heavy (non-hydrogen) atoms. The van der Waals surface area contributed by atoms with Crippen molar-refractivity contribution in [3.63, 3.8) is 0 Å². The highest BCUT2D eigenvalue weighted by atomic mass is 16.5. The first-order chi connectivity index (χ1) is 11.0. The number of aromatic hydroxyl groups is 1. The lowest BCUT2D eigenvalue weighted by atomic mass is 10.1. The van der Waals surface area contributed by atoms with Crippen LogP contribution in [0.1, 0.15) is 5.56 Å². The summed E-state index contributed by atoms with van der Waals surface area (Å²) in [5.41, 5.74) is 0.922. The minimum atomic E-state index is -0.501. The lowest BCUT2D eigenvalue weighted by Gasteiger charge is -2.10. The zero-order valence-electron chi connectivity index (χ0n) is 13.0. The third kappa shape index (κ3) is 2.61. The van der Waals surface area contributed by atoms with Gasteiger partial charge in [-0.25, -0.2) is 4.79 Å². The fourth-order valence-electron chi connectivity index (χ4n) is 2.50. The molecule has 0 atom stereocenters. The van der Waals surface area contributed by atoms with Crippen LogP contribution in [0.5, 0.6) is 17.2 Å². The summed E-state index contributed by atoms with van der Waals surface area (Å²) in [4.78, 5) is 12.3. The Kier molecular flexibility index (Phi) is 3.70. The number of methoxy groups -OCH3 is 2. The van der Waals surface area contributed by atoms with Crippen molar-refractivity contribution in [3.8, 4) is 28.6 Å². The molecular weight excluding hydrogens is 296 g/mol. The van der Waals surface area contributed by atoms with E-state index in [1.165, 1.54) is 14.2 Å². The van der Waals surface area contributed by atoms with Crippen LogP contribution in [0.3, 0.4) is 0 Å². The fourth-order valence-corrected chi connectivity index (χ4v) is 2.50. The molecule has 5 nitrogen and oxygen atoms in total. The molecule has 3 rings (SSSR count). The molecule has 2 aromatic carbocycles. The van der Waals surface area contributed by atoms with E-state index in [9.17, 15) is 9.90 Å². The Hall–Kier alpha value is -2.95. The quantitative estimate of drug-likeness (QED) is 0.801. The first kappa shape index (κ1) is 15.0. The molecule has 118 valence electrons. The van der Waals surface area contributed by atoms with Crippen molar-refractivity contribution in [2.75, 3.05) is 14.2 Å². The van der Waals surface area contributed by atoms with Crippen LogP contribution < -0.4 is 15.1 Å². The molecule has 0 amide bonds. The summed E-state index contributed by atoms with van der Waals surface area (Å²) in [5, 5.41) is 11.1. The van der Waals surface area contributed by atoms with Crippen molar-refractivity contribution in [2.24, 2.45) is 0 Å². The Morgan fingerprint density at radius 1 is 1.00 bits per heavy atom. The van der Waals surface area contributed by atoms with E-state index in [-0.39, 0.29) is 5.75 Å². The average Bonchev–Trinajstić information content (AvgIpc) is 2.55. The summed E-state index contributed by atoms with van der Waals surface area (Å²) in [6, 6.07) is 10.1. The summed E-state index contributed by atoms with van der Waals surface area (Å²) in [5.74, 6) is 1.33. The van der Waals surface area contributed by atoms with Gasteiger partial charge < -0.3 is 19.0 Å². The molecule has 0 saturated carbocycles. The molecular formula is C18H16O5. The van der Waals surface area contributed by atoms with Crippen LogP contribution in [0.25, 0.3) is 22.1 Å². The van der Waals surface area contributed by atoms with Gasteiger partial charge in [0.05, 0.1) is 25.2 Å². The van der Waals surface area contributed by atoms with Gasteiger partial charge in [0.2, 0.25) is 0 Å². The second-order valence-corrected chi connectivity index (χ2v) is 5.21. The molecule has 0 unspecified atom stereocenters. The van der Waals surface area contributed by atoms with Gasteiger partial charge in [-0.3, -0.25) is 0 Å². The Labute approximate surface area is 132 Å². The van der Waals surface area contributed by atoms with Crippen LogP contribution in [0.4, 0.5) is 0 Å². The highest BCUT2D eigenvalue weighted by molar-refractivity contribution is 5.88. The van der Waals surface area contributed by atoms with Crippen molar-refractivity contribution in [2.45, 2.75) is 6.92 Å². The smallest absolute Gasteiger partial charge is 0.344 e. The largest absolute Gasteiger partial charge is 0.507 e. The van der Waals surface area contributed by atoms with E-state index in [0.29, 0.717) is 33.6 Å². The van der Waals surface area contributed by atoms with Gasteiger partial charge >= 0.3 is 5.63 Å². The van der Waals surface area contributed by atoms with E-state index in [1.54, 1.807) is 36.4 Å². The summed E-state index contributed by atoms with van der Waals surface area (Å²) in [6.45, 7) is 1.90. The second kappa shape index (κ2) is 5.68. The number of ether oxygens (including phenoxy) is 2. The minimum absolute atomic E-state index is 0.0542. The summed E-state index contributed by atoms with van der Waals surface area (Å²) in [6.07, 6.45) is 0. The standard InChI is InChI=1S/C18H16O5/c1-10-4-5-14(19)13(6-10)15-7-11-8-16(21-2)17(22-3)9-12(11)18(20)23-15/h4-9,19H,1-3H3. The predicted octanol–water partition coefficient (Wildman–Crippen LogP) is 3.49. The van der Waals surface area contributed by atoms with Gasteiger partial charge in [-0.15, -0.1) is 0 Å². The van der Waals surface area contributed by atoms with Gasteiger partial charge in [-0.1, -0.05) is 11.6 Å². The van der Waals surface area contributed by atoms with Crippen molar-refractivity contribution in [1.29, 1.82) is 0 Å². The van der Waals surface area contributed by atoms with E-state index >= 15 is 0 Å². The van der Waals surface area contributed by atoms with Crippen molar-refractivity contribution in [3.05, 3.63) is 52.4 Å². The molecule has 1 heterocycles. The lowest BCUT2D eigenvalue weighted by Crippen LogP contribution is -2.02. The average molecular weight is 312 g/mol. The van der Waals surface area contributed by atoms with Crippen LogP contribution in [-0.4, -0.2) is 19.3 Å².